The summed E-state index contributed by atoms with van der Waals surface area (Å²) in [6.07, 6.45) is 1.70. The number of nitrogens with one attached hydrogen (secondary N) is 1. The molecule has 0 bridgehead atoms. The number of hydrogen-bond donors (Lipinski definition) is 2. The Labute approximate surface area is 148 Å². The molecule has 134 valence electrons. The van der Waals surface area contributed by atoms with Crippen LogP contribution in [0.15, 0.2) is 35.4 Å². The van der Waals surface area contributed by atoms with Crippen molar-refractivity contribution in [2.24, 2.45) is 0 Å². The van der Waals surface area contributed by atoms with E-state index < -0.39 is 17.0 Å². The molecule has 0 saturated carbocycles. The number of rotatable bonds is 7. The maximum absolute atomic E-state index is 12.6. The Morgan fingerprint density at radius 3 is 2.52 bits per heavy atom. The van der Waals surface area contributed by atoms with Crippen LogP contribution < -0.4 is 14.2 Å². The first kappa shape index (κ1) is 18.7. The highest BCUT2D eigenvalue weighted by molar-refractivity contribution is 7.86. The molecule has 0 spiro atoms. The number of pyridine rings is 1. The summed E-state index contributed by atoms with van der Waals surface area (Å²) in [5.41, 5.74) is 1.37. The number of methoxy groups -OCH3 is 2. The molecule has 2 aromatic rings. The third kappa shape index (κ3) is 4.27. The summed E-state index contributed by atoms with van der Waals surface area (Å²) in [6, 6.07) is 6.14. The molecule has 25 heavy (non-hydrogen) atoms. The van der Waals surface area contributed by atoms with Gasteiger partial charge in [0.15, 0.2) is 0 Å². The van der Waals surface area contributed by atoms with Crippen molar-refractivity contribution in [3.63, 3.8) is 0 Å². The third-order valence-electron chi connectivity index (χ3n) is 3.55. The fraction of sp³-hybridized carbons (Fsp3) is 0.294. The maximum Gasteiger partial charge on any atom is 0.339 e. The number of hydrogen-bond acceptors (Lipinski definition) is 5. The summed E-state index contributed by atoms with van der Waals surface area (Å²) in [5, 5.41) is 9.24. The van der Waals surface area contributed by atoms with Gasteiger partial charge in [-0.05, 0) is 35.7 Å². The minimum absolute atomic E-state index is 0.0591. The van der Waals surface area contributed by atoms with Crippen LogP contribution >= 0.6 is 0 Å². The Kier molecular flexibility index (Phi) is 5.97. The molecule has 0 saturated heterocycles. The normalized spacial score (nSPS) is 11.9. The van der Waals surface area contributed by atoms with Gasteiger partial charge in [0.2, 0.25) is 5.88 Å². The van der Waals surface area contributed by atoms with Gasteiger partial charge in [-0.1, -0.05) is 13.8 Å². The molecule has 0 aliphatic carbocycles. The second-order valence-corrected chi connectivity index (χ2v) is 6.73. The zero-order chi connectivity index (χ0) is 18.6. The molecule has 0 aliphatic rings. The average Bonchev–Trinajstić information content (AvgIpc) is 2.60. The van der Waals surface area contributed by atoms with E-state index in [1.807, 2.05) is 19.9 Å². The molecular weight excluding hydrogens is 344 g/mol. The van der Waals surface area contributed by atoms with E-state index in [2.05, 4.69) is 9.71 Å². The van der Waals surface area contributed by atoms with E-state index >= 15 is 0 Å². The molecule has 0 fully saturated rings. The number of benzene rings is 1. The lowest BCUT2D eigenvalue weighted by molar-refractivity contribution is 0.0693. The van der Waals surface area contributed by atoms with E-state index in [9.17, 15) is 14.1 Å². The number of carbonyl (C=O) groups is 1. The van der Waals surface area contributed by atoms with Crippen molar-refractivity contribution in [1.82, 2.24) is 4.98 Å². The van der Waals surface area contributed by atoms with Gasteiger partial charge in [-0.3, -0.25) is 4.72 Å². The van der Waals surface area contributed by atoms with Gasteiger partial charge < -0.3 is 14.6 Å². The van der Waals surface area contributed by atoms with Crippen LogP contribution in [-0.4, -0.2) is 34.5 Å². The molecule has 0 aliphatic heterocycles. The Morgan fingerprint density at radius 1 is 1.24 bits per heavy atom. The monoisotopic (exact) mass is 364 g/mol. The van der Waals surface area contributed by atoms with Crippen LogP contribution in [0.25, 0.3) is 0 Å². The van der Waals surface area contributed by atoms with Crippen LogP contribution in [0.2, 0.25) is 0 Å². The van der Waals surface area contributed by atoms with Crippen LogP contribution in [0.4, 0.5) is 5.69 Å². The lowest BCUT2D eigenvalue weighted by Gasteiger charge is -2.13. The number of anilines is 1. The Hall–Kier alpha value is -2.61. The Balaban J connectivity index is 2.35. The molecule has 8 heteroatoms. The molecule has 0 radical (unpaired) electrons. The number of nitrogens with zero attached hydrogens (tertiary/aromatic N) is 1. The fourth-order valence-electron chi connectivity index (χ4n) is 2.15. The van der Waals surface area contributed by atoms with Crippen molar-refractivity contribution in [3.8, 4) is 11.6 Å². The molecule has 2 rings (SSSR count). The van der Waals surface area contributed by atoms with Gasteiger partial charge in [0.05, 0.1) is 19.1 Å². The molecule has 7 nitrogen and oxygen atoms in total. The van der Waals surface area contributed by atoms with Gasteiger partial charge in [0.25, 0.3) is 0 Å². The largest absolute Gasteiger partial charge is 0.496 e. The van der Waals surface area contributed by atoms with Gasteiger partial charge in [-0.15, -0.1) is 0 Å². The van der Waals surface area contributed by atoms with Gasteiger partial charge in [-0.2, -0.15) is 0 Å². The van der Waals surface area contributed by atoms with E-state index in [0.29, 0.717) is 16.5 Å². The van der Waals surface area contributed by atoms with Crippen LogP contribution in [0.3, 0.4) is 0 Å². The summed E-state index contributed by atoms with van der Waals surface area (Å²) in [5.74, 6) is -0.400. The molecule has 0 amide bonds. The highest BCUT2D eigenvalue weighted by atomic mass is 32.2. The molecular formula is C17H20N2O5S. The topological polar surface area (TPSA) is 97.8 Å². The molecule has 1 aromatic heterocycles. The summed E-state index contributed by atoms with van der Waals surface area (Å²) in [4.78, 5) is 15.8. The summed E-state index contributed by atoms with van der Waals surface area (Å²) in [6.45, 7) is 4.04. The van der Waals surface area contributed by atoms with Gasteiger partial charge in [-0.25, -0.2) is 14.0 Å². The average molecular weight is 364 g/mol. The minimum atomic E-state index is -1.69. The molecule has 1 aromatic carbocycles. The van der Waals surface area contributed by atoms with Crippen LogP contribution in [0.5, 0.6) is 11.6 Å². The quantitative estimate of drug-likeness (QED) is 0.784. The standard InChI is InChI=1S/C17H20N2O5S/c1-10(2)11-7-14(16(24-4)18-9-11)19-25(22)12-5-6-15(23-3)13(8-12)17(20)21/h5-10,19H,1-4H3,(H,20,21). The lowest BCUT2D eigenvalue weighted by Crippen LogP contribution is -2.09. The number of aromatic nitrogens is 1. The number of aromatic carboxylic acids is 1. The van der Waals surface area contributed by atoms with E-state index in [1.165, 1.54) is 26.4 Å². The second-order valence-electron chi connectivity index (χ2n) is 5.52. The van der Waals surface area contributed by atoms with Crippen molar-refractivity contribution >= 4 is 22.6 Å². The van der Waals surface area contributed by atoms with Crippen molar-refractivity contribution in [2.45, 2.75) is 24.7 Å². The van der Waals surface area contributed by atoms with Crippen LogP contribution in [0.1, 0.15) is 35.7 Å². The first-order chi connectivity index (χ1) is 11.9. The zero-order valence-corrected chi connectivity index (χ0v) is 15.2. The number of carboxylic acids is 1. The van der Waals surface area contributed by atoms with Crippen molar-refractivity contribution < 1.29 is 23.6 Å². The molecule has 1 atom stereocenters. The summed E-state index contributed by atoms with van der Waals surface area (Å²) < 4.78 is 25.6. The second kappa shape index (κ2) is 7.98. The number of carboxylic acid groups (broad SMARTS) is 1. The Morgan fingerprint density at radius 2 is 1.96 bits per heavy atom. The van der Waals surface area contributed by atoms with Gasteiger partial charge >= 0.3 is 5.97 Å². The zero-order valence-electron chi connectivity index (χ0n) is 14.4. The first-order valence-electron chi connectivity index (χ1n) is 7.51. The predicted molar refractivity (Wildman–Crippen MR) is 94.9 cm³/mol. The van der Waals surface area contributed by atoms with E-state index in [4.69, 9.17) is 9.47 Å². The van der Waals surface area contributed by atoms with Crippen LogP contribution in [0, 0.1) is 0 Å². The fourth-order valence-corrected chi connectivity index (χ4v) is 3.03. The smallest absolute Gasteiger partial charge is 0.339 e. The number of ether oxygens (including phenoxy) is 2. The Bertz CT molecular complexity index is 808. The highest BCUT2D eigenvalue weighted by Crippen LogP contribution is 2.28. The van der Waals surface area contributed by atoms with Crippen LogP contribution in [-0.2, 0) is 11.0 Å². The SMILES string of the molecule is COc1ccc(S(=O)Nc2cc(C(C)C)cnc2OC)cc1C(=O)O. The van der Waals surface area contributed by atoms with Gasteiger partial charge in [0, 0.05) is 6.20 Å². The molecule has 1 heterocycles. The van der Waals surface area contributed by atoms with E-state index in [-0.39, 0.29) is 17.2 Å². The highest BCUT2D eigenvalue weighted by Gasteiger charge is 2.16. The summed E-state index contributed by atoms with van der Waals surface area (Å²) in [7, 11) is 1.16. The third-order valence-corrected chi connectivity index (χ3v) is 4.64. The van der Waals surface area contributed by atoms with E-state index in [0.717, 1.165) is 5.56 Å². The lowest BCUT2D eigenvalue weighted by atomic mass is 10.1. The van der Waals surface area contributed by atoms with Crippen molar-refractivity contribution in [1.29, 1.82) is 0 Å². The summed E-state index contributed by atoms with van der Waals surface area (Å²) >= 11 is 0. The van der Waals surface area contributed by atoms with Gasteiger partial charge in [0.1, 0.15) is 28.0 Å². The van der Waals surface area contributed by atoms with Crippen molar-refractivity contribution in [2.75, 3.05) is 18.9 Å². The predicted octanol–water partition coefficient (Wildman–Crippen LogP) is 3.06. The molecule has 1 unspecified atom stereocenters. The molecule has 2 N–H and O–H groups in total. The van der Waals surface area contributed by atoms with Crippen molar-refractivity contribution in [3.05, 3.63) is 41.6 Å². The first-order valence-corrected chi connectivity index (χ1v) is 8.66. The minimum Gasteiger partial charge on any atom is -0.496 e. The maximum atomic E-state index is 12.6. The van der Waals surface area contributed by atoms with E-state index in [1.54, 1.807) is 12.3 Å².